The van der Waals surface area contributed by atoms with Crippen LogP contribution in [-0.4, -0.2) is 11.5 Å². The van der Waals surface area contributed by atoms with Crippen molar-refractivity contribution in [2.45, 2.75) is 13.1 Å². The summed E-state index contributed by atoms with van der Waals surface area (Å²) < 4.78 is 11.5. The fourth-order valence-electron chi connectivity index (χ4n) is 1.72. The zero-order chi connectivity index (χ0) is 15.1. The van der Waals surface area contributed by atoms with Crippen molar-refractivity contribution in [3.05, 3.63) is 70.3 Å². The predicted molar refractivity (Wildman–Crippen MR) is 82.4 cm³/mol. The highest BCUT2D eigenvalue weighted by Gasteiger charge is 2.14. The Balaban J connectivity index is 2.03. The van der Waals surface area contributed by atoms with Gasteiger partial charge in [0.2, 0.25) is 8.38 Å². The van der Waals surface area contributed by atoms with E-state index in [2.05, 4.69) is 0 Å². The normalized spacial score (nSPS) is 11.9. The number of hydrogen-bond donors (Lipinski definition) is 0. The topological polar surface area (TPSA) is 61.6 Å². The molecule has 110 valence electrons. The van der Waals surface area contributed by atoms with Gasteiger partial charge in [0.05, 0.1) is 17.7 Å². The maximum Gasteiger partial charge on any atom is 0.269 e. The minimum Gasteiger partial charge on any atom is -0.447 e. The van der Waals surface area contributed by atoms with Crippen molar-refractivity contribution in [1.82, 2.24) is 0 Å². The standard InChI is InChI=1S/C15H16NO4P/c1-2-19-21(20-15-6-4-3-5-7-15)12-13-8-10-14(11-9-13)16(17)18/h3-11H,2,12H2,1H3. The fraction of sp³-hybridized carbons (Fsp3) is 0.200. The molecule has 1 unspecified atom stereocenters. The van der Waals surface area contributed by atoms with Crippen molar-refractivity contribution in [3.8, 4) is 5.75 Å². The minimum atomic E-state index is -1.11. The first kappa shape index (κ1) is 15.4. The van der Waals surface area contributed by atoms with E-state index in [1.165, 1.54) is 12.1 Å². The van der Waals surface area contributed by atoms with Crippen molar-refractivity contribution in [2.75, 3.05) is 6.61 Å². The Morgan fingerprint density at radius 2 is 1.76 bits per heavy atom. The maximum atomic E-state index is 10.6. The second-order valence-corrected chi connectivity index (χ2v) is 5.66. The Hall–Kier alpha value is -1.97. The molecule has 0 radical (unpaired) electrons. The van der Waals surface area contributed by atoms with Gasteiger partial charge in [-0.1, -0.05) is 30.3 Å². The zero-order valence-corrected chi connectivity index (χ0v) is 12.5. The summed E-state index contributed by atoms with van der Waals surface area (Å²) in [6, 6.07) is 16.0. The van der Waals surface area contributed by atoms with Crippen molar-refractivity contribution in [1.29, 1.82) is 0 Å². The third-order valence-corrected chi connectivity index (χ3v) is 4.27. The van der Waals surface area contributed by atoms with E-state index in [4.69, 9.17) is 9.05 Å². The lowest BCUT2D eigenvalue weighted by Crippen LogP contribution is -1.97. The van der Waals surface area contributed by atoms with E-state index in [9.17, 15) is 10.1 Å². The van der Waals surface area contributed by atoms with Crippen LogP contribution in [0.5, 0.6) is 5.75 Å². The van der Waals surface area contributed by atoms with Crippen molar-refractivity contribution in [3.63, 3.8) is 0 Å². The summed E-state index contributed by atoms with van der Waals surface area (Å²) >= 11 is 0. The van der Waals surface area contributed by atoms with Crippen LogP contribution in [0, 0.1) is 10.1 Å². The van der Waals surface area contributed by atoms with Crippen LogP contribution in [-0.2, 0) is 10.7 Å². The second-order valence-electron chi connectivity index (χ2n) is 4.24. The van der Waals surface area contributed by atoms with E-state index in [-0.39, 0.29) is 5.69 Å². The Morgan fingerprint density at radius 3 is 2.33 bits per heavy atom. The Labute approximate surface area is 124 Å². The molecule has 0 saturated carbocycles. The summed E-state index contributed by atoms with van der Waals surface area (Å²) in [6.07, 6.45) is 0.593. The van der Waals surface area contributed by atoms with Crippen LogP contribution in [0.25, 0.3) is 0 Å². The predicted octanol–water partition coefficient (Wildman–Crippen LogP) is 4.52. The van der Waals surface area contributed by atoms with Crippen molar-refractivity contribution < 1.29 is 14.0 Å². The molecule has 1 atom stereocenters. The largest absolute Gasteiger partial charge is 0.447 e. The molecule has 0 spiro atoms. The number of non-ortho nitro benzene ring substituents is 1. The molecule has 2 rings (SSSR count). The summed E-state index contributed by atoms with van der Waals surface area (Å²) in [6.45, 7) is 2.48. The third kappa shape index (κ3) is 4.81. The second kappa shape index (κ2) is 7.72. The number of nitrogens with zero attached hydrogens (tertiary/aromatic N) is 1. The number of benzene rings is 2. The molecule has 0 heterocycles. The van der Waals surface area contributed by atoms with Crippen molar-refractivity contribution in [2.24, 2.45) is 0 Å². The van der Waals surface area contributed by atoms with Crippen LogP contribution in [0.15, 0.2) is 54.6 Å². The highest BCUT2D eigenvalue weighted by Crippen LogP contribution is 2.42. The van der Waals surface area contributed by atoms with Gasteiger partial charge in [-0.25, -0.2) is 0 Å². The van der Waals surface area contributed by atoms with Crippen LogP contribution < -0.4 is 4.52 Å². The van der Waals surface area contributed by atoms with Gasteiger partial charge in [-0.3, -0.25) is 10.1 Å². The number of nitro groups is 1. The van der Waals surface area contributed by atoms with Gasteiger partial charge in [-0.15, -0.1) is 0 Å². The summed E-state index contributed by atoms with van der Waals surface area (Å²) in [4.78, 5) is 10.2. The third-order valence-electron chi connectivity index (χ3n) is 2.68. The SMILES string of the molecule is CCOP(Cc1ccc([N+](=O)[O-])cc1)Oc1ccccc1. The molecule has 5 nitrogen and oxygen atoms in total. The quantitative estimate of drug-likeness (QED) is 0.428. The van der Waals surface area contributed by atoms with Crippen LogP contribution in [0.3, 0.4) is 0 Å². The van der Waals surface area contributed by atoms with E-state index in [1.54, 1.807) is 12.1 Å². The first-order chi connectivity index (χ1) is 10.2. The summed E-state index contributed by atoms with van der Waals surface area (Å²) in [7, 11) is -1.11. The lowest BCUT2D eigenvalue weighted by atomic mass is 10.2. The number of para-hydroxylation sites is 1. The summed E-state index contributed by atoms with van der Waals surface area (Å²) in [5.41, 5.74) is 1.04. The molecule has 21 heavy (non-hydrogen) atoms. The van der Waals surface area contributed by atoms with Crippen LogP contribution in [0.2, 0.25) is 0 Å². The fourth-order valence-corrected chi connectivity index (χ4v) is 3.08. The molecule has 0 N–H and O–H groups in total. The molecule has 0 bridgehead atoms. The molecule has 0 fully saturated rings. The summed E-state index contributed by atoms with van der Waals surface area (Å²) in [5.74, 6) is 0.763. The Bertz CT molecular complexity index is 574. The molecule has 0 amide bonds. The summed E-state index contributed by atoms with van der Waals surface area (Å²) in [5, 5.41) is 10.6. The molecule has 0 aromatic heterocycles. The van der Waals surface area contributed by atoms with Gasteiger partial charge in [0.15, 0.2) is 0 Å². The molecule has 2 aromatic carbocycles. The highest BCUT2D eigenvalue weighted by molar-refractivity contribution is 7.46. The van der Waals surface area contributed by atoms with E-state index in [0.717, 1.165) is 11.3 Å². The van der Waals surface area contributed by atoms with Gasteiger partial charge in [0, 0.05) is 12.1 Å². The van der Waals surface area contributed by atoms with Crippen molar-refractivity contribution >= 4 is 14.1 Å². The molecule has 0 saturated heterocycles. The Morgan fingerprint density at radius 1 is 1.10 bits per heavy atom. The van der Waals surface area contributed by atoms with Crippen LogP contribution in [0.1, 0.15) is 12.5 Å². The molecule has 2 aromatic rings. The Kier molecular flexibility index (Phi) is 5.67. The van der Waals surface area contributed by atoms with E-state index in [1.807, 2.05) is 37.3 Å². The van der Waals surface area contributed by atoms with Gasteiger partial charge < -0.3 is 9.05 Å². The molecule has 0 aliphatic carbocycles. The first-order valence-electron chi connectivity index (χ1n) is 6.56. The molecule has 6 heteroatoms. The van der Waals surface area contributed by atoms with Gasteiger partial charge in [-0.05, 0) is 24.6 Å². The maximum absolute atomic E-state index is 10.6. The zero-order valence-electron chi connectivity index (χ0n) is 11.6. The van der Waals surface area contributed by atoms with Gasteiger partial charge in [-0.2, -0.15) is 0 Å². The van der Waals surface area contributed by atoms with E-state index >= 15 is 0 Å². The molecular formula is C15H16NO4P. The molecule has 0 aliphatic rings. The van der Waals surface area contributed by atoms with Gasteiger partial charge in [0.25, 0.3) is 5.69 Å². The minimum absolute atomic E-state index is 0.0865. The van der Waals surface area contributed by atoms with Crippen LogP contribution >= 0.6 is 8.38 Å². The average Bonchev–Trinajstić information content (AvgIpc) is 2.49. The van der Waals surface area contributed by atoms with E-state index in [0.29, 0.717) is 12.8 Å². The monoisotopic (exact) mass is 305 g/mol. The molecule has 0 aliphatic heterocycles. The van der Waals surface area contributed by atoms with Gasteiger partial charge in [0.1, 0.15) is 5.75 Å². The lowest BCUT2D eigenvalue weighted by molar-refractivity contribution is -0.384. The van der Waals surface area contributed by atoms with Gasteiger partial charge >= 0.3 is 0 Å². The van der Waals surface area contributed by atoms with Crippen LogP contribution in [0.4, 0.5) is 5.69 Å². The molecular weight excluding hydrogens is 289 g/mol. The number of nitro benzene ring substituents is 1. The first-order valence-corrected chi connectivity index (χ1v) is 7.92. The van der Waals surface area contributed by atoms with E-state index < -0.39 is 13.3 Å². The average molecular weight is 305 g/mol. The lowest BCUT2D eigenvalue weighted by Gasteiger charge is -2.17. The highest BCUT2D eigenvalue weighted by atomic mass is 31.2. The number of rotatable bonds is 7. The smallest absolute Gasteiger partial charge is 0.269 e. The number of hydrogen-bond acceptors (Lipinski definition) is 4.